The first-order valence-corrected chi connectivity index (χ1v) is 14.3. The van der Waals surface area contributed by atoms with Gasteiger partial charge in [0.2, 0.25) is 0 Å². The minimum atomic E-state index is 0.0556. The SMILES string of the molecule is OCC1CCCCCCCC(C2CC(OCc3ccccc3)CC(COCc3ccccc3)O2)CC1. The summed E-state index contributed by atoms with van der Waals surface area (Å²) in [6, 6.07) is 20.8. The van der Waals surface area contributed by atoms with E-state index in [0.29, 0.717) is 38.3 Å². The molecule has 1 saturated heterocycles. The Morgan fingerprint density at radius 1 is 0.722 bits per heavy atom. The second-order valence-electron chi connectivity index (χ2n) is 10.9. The van der Waals surface area contributed by atoms with Gasteiger partial charge >= 0.3 is 0 Å². The van der Waals surface area contributed by atoms with Crippen molar-refractivity contribution in [1.29, 1.82) is 0 Å². The van der Waals surface area contributed by atoms with Crippen LogP contribution in [0.3, 0.4) is 0 Å². The van der Waals surface area contributed by atoms with E-state index in [9.17, 15) is 5.11 Å². The molecule has 5 atom stereocenters. The number of aliphatic hydroxyl groups excluding tert-OH is 1. The van der Waals surface area contributed by atoms with Gasteiger partial charge in [-0.15, -0.1) is 0 Å². The summed E-state index contributed by atoms with van der Waals surface area (Å²) >= 11 is 0. The molecule has 0 radical (unpaired) electrons. The lowest BCUT2D eigenvalue weighted by molar-refractivity contribution is -0.157. The van der Waals surface area contributed by atoms with Gasteiger partial charge in [-0.1, -0.05) is 92.8 Å². The molecule has 198 valence electrons. The van der Waals surface area contributed by atoms with Crippen molar-refractivity contribution >= 4 is 0 Å². The summed E-state index contributed by atoms with van der Waals surface area (Å²) in [7, 11) is 0. The Balaban J connectivity index is 1.39. The van der Waals surface area contributed by atoms with Gasteiger partial charge in [0.05, 0.1) is 38.1 Å². The van der Waals surface area contributed by atoms with Gasteiger partial charge in [0.15, 0.2) is 0 Å². The van der Waals surface area contributed by atoms with Crippen LogP contribution >= 0.6 is 0 Å². The Bertz CT molecular complexity index is 827. The van der Waals surface area contributed by atoms with E-state index in [1.807, 2.05) is 6.07 Å². The standard InChI is InChI=1S/C32H46O4/c33-22-26-12-6-2-1-3-11-17-29(19-18-26)32-21-30(35-24-28-15-9-5-10-16-28)20-31(36-32)25-34-23-27-13-7-4-8-14-27/h4-5,7-10,13-16,26,29-33H,1-3,6,11-12,17-25H2. The third-order valence-corrected chi connectivity index (χ3v) is 8.05. The molecule has 2 aromatic carbocycles. The highest BCUT2D eigenvalue weighted by Gasteiger charge is 2.35. The van der Waals surface area contributed by atoms with E-state index in [-0.39, 0.29) is 18.3 Å². The van der Waals surface area contributed by atoms with Crippen LogP contribution in [-0.4, -0.2) is 36.6 Å². The number of benzene rings is 2. The second-order valence-corrected chi connectivity index (χ2v) is 10.9. The number of hydrogen-bond donors (Lipinski definition) is 1. The summed E-state index contributed by atoms with van der Waals surface area (Å²) in [5.41, 5.74) is 2.42. The molecule has 2 fully saturated rings. The van der Waals surface area contributed by atoms with Crippen molar-refractivity contribution in [2.75, 3.05) is 13.2 Å². The number of ether oxygens (including phenoxy) is 3. The van der Waals surface area contributed by atoms with Gasteiger partial charge in [-0.25, -0.2) is 0 Å². The van der Waals surface area contributed by atoms with Gasteiger partial charge in [-0.2, -0.15) is 0 Å². The molecule has 1 aliphatic carbocycles. The molecule has 2 aromatic rings. The number of rotatable bonds is 9. The van der Waals surface area contributed by atoms with Crippen molar-refractivity contribution < 1.29 is 19.3 Å². The van der Waals surface area contributed by atoms with E-state index in [2.05, 4.69) is 54.6 Å². The van der Waals surface area contributed by atoms with Crippen molar-refractivity contribution in [2.45, 2.75) is 102 Å². The molecule has 1 heterocycles. The van der Waals surface area contributed by atoms with Crippen LogP contribution in [0.1, 0.15) is 81.8 Å². The van der Waals surface area contributed by atoms with Crippen molar-refractivity contribution in [1.82, 2.24) is 0 Å². The van der Waals surface area contributed by atoms with Crippen molar-refractivity contribution in [3.63, 3.8) is 0 Å². The van der Waals surface area contributed by atoms with Crippen molar-refractivity contribution in [2.24, 2.45) is 11.8 Å². The van der Waals surface area contributed by atoms with Gasteiger partial charge in [0.25, 0.3) is 0 Å². The molecule has 4 heteroatoms. The van der Waals surface area contributed by atoms with E-state index in [4.69, 9.17) is 14.2 Å². The van der Waals surface area contributed by atoms with Crippen LogP contribution in [0.5, 0.6) is 0 Å². The van der Waals surface area contributed by atoms with Gasteiger partial charge in [0, 0.05) is 19.4 Å². The van der Waals surface area contributed by atoms with E-state index < -0.39 is 0 Å². The van der Waals surface area contributed by atoms with E-state index >= 15 is 0 Å². The van der Waals surface area contributed by atoms with Gasteiger partial charge in [-0.3, -0.25) is 0 Å². The molecule has 4 nitrogen and oxygen atoms in total. The van der Waals surface area contributed by atoms with Crippen LogP contribution < -0.4 is 0 Å². The summed E-state index contributed by atoms with van der Waals surface area (Å²) < 4.78 is 19.3. The zero-order valence-corrected chi connectivity index (χ0v) is 21.9. The van der Waals surface area contributed by atoms with Gasteiger partial charge in [0.1, 0.15) is 0 Å². The summed E-state index contributed by atoms with van der Waals surface area (Å²) in [6.07, 6.45) is 13.3. The van der Waals surface area contributed by atoms with E-state index in [1.54, 1.807) is 0 Å². The lowest BCUT2D eigenvalue weighted by Gasteiger charge is -2.39. The van der Waals surface area contributed by atoms with Crippen LogP contribution in [0.4, 0.5) is 0 Å². The zero-order chi connectivity index (χ0) is 24.8. The zero-order valence-electron chi connectivity index (χ0n) is 21.9. The number of hydrogen-bond acceptors (Lipinski definition) is 4. The minimum Gasteiger partial charge on any atom is -0.396 e. The van der Waals surface area contributed by atoms with Crippen molar-refractivity contribution in [3.8, 4) is 0 Å². The molecule has 0 bridgehead atoms. The lowest BCUT2D eigenvalue weighted by atomic mass is 9.83. The molecular formula is C32H46O4. The highest BCUT2D eigenvalue weighted by atomic mass is 16.5. The fourth-order valence-corrected chi connectivity index (χ4v) is 5.89. The first-order chi connectivity index (χ1) is 17.8. The average Bonchev–Trinajstić information content (AvgIpc) is 2.98. The smallest absolute Gasteiger partial charge is 0.0837 e. The molecule has 5 unspecified atom stereocenters. The summed E-state index contributed by atoms with van der Waals surface area (Å²) in [5, 5.41) is 9.92. The lowest BCUT2D eigenvalue weighted by Crippen LogP contribution is -2.42. The molecule has 1 saturated carbocycles. The third-order valence-electron chi connectivity index (χ3n) is 8.05. The maximum Gasteiger partial charge on any atom is 0.0837 e. The summed E-state index contributed by atoms with van der Waals surface area (Å²) in [4.78, 5) is 0. The first-order valence-electron chi connectivity index (χ1n) is 14.3. The first kappa shape index (κ1) is 27.3. The van der Waals surface area contributed by atoms with Crippen LogP contribution in [0.15, 0.2) is 60.7 Å². The van der Waals surface area contributed by atoms with Crippen LogP contribution in [0.2, 0.25) is 0 Å². The maximum absolute atomic E-state index is 9.92. The highest BCUT2D eigenvalue weighted by molar-refractivity contribution is 5.14. The maximum atomic E-state index is 9.92. The van der Waals surface area contributed by atoms with Crippen LogP contribution in [0, 0.1) is 11.8 Å². The fraction of sp³-hybridized carbons (Fsp3) is 0.625. The Morgan fingerprint density at radius 2 is 1.39 bits per heavy atom. The normalized spacial score (nSPS) is 28.3. The predicted octanol–water partition coefficient (Wildman–Crippen LogP) is 7.09. The third kappa shape index (κ3) is 9.30. The molecule has 0 aromatic heterocycles. The summed E-state index contributed by atoms with van der Waals surface area (Å²) in [6.45, 7) is 2.18. The monoisotopic (exact) mass is 494 g/mol. The predicted molar refractivity (Wildman–Crippen MR) is 145 cm³/mol. The quantitative estimate of drug-likeness (QED) is 0.404. The van der Waals surface area contributed by atoms with E-state index in [0.717, 1.165) is 32.1 Å². The average molecular weight is 495 g/mol. The molecule has 0 amide bonds. The molecule has 4 rings (SSSR count). The van der Waals surface area contributed by atoms with Gasteiger partial charge in [-0.05, 0) is 48.6 Å². The highest BCUT2D eigenvalue weighted by Crippen LogP contribution is 2.34. The topological polar surface area (TPSA) is 47.9 Å². The molecular weight excluding hydrogens is 448 g/mol. The Hall–Kier alpha value is -1.72. The van der Waals surface area contributed by atoms with E-state index in [1.165, 1.54) is 49.7 Å². The molecule has 1 N–H and O–H groups in total. The minimum absolute atomic E-state index is 0.0556. The largest absolute Gasteiger partial charge is 0.396 e. The van der Waals surface area contributed by atoms with Crippen LogP contribution in [-0.2, 0) is 27.4 Å². The number of aliphatic hydroxyl groups is 1. The Morgan fingerprint density at radius 3 is 2.11 bits per heavy atom. The molecule has 36 heavy (non-hydrogen) atoms. The molecule has 2 aliphatic rings. The second kappa shape index (κ2) is 15.5. The Kier molecular flexibility index (Phi) is 11.8. The molecule has 0 spiro atoms. The summed E-state index contributed by atoms with van der Waals surface area (Å²) in [5.74, 6) is 0.959. The fourth-order valence-electron chi connectivity index (χ4n) is 5.89. The Labute approximate surface area is 218 Å². The van der Waals surface area contributed by atoms with Crippen LogP contribution in [0.25, 0.3) is 0 Å². The molecule has 1 aliphatic heterocycles. The van der Waals surface area contributed by atoms with Crippen molar-refractivity contribution in [3.05, 3.63) is 71.8 Å². The van der Waals surface area contributed by atoms with Gasteiger partial charge < -0.3 is 19.3 Å².